The molecule has 0 radical (unpaired) electrons. The molecule has 4 aromatic rings. The summed E-state index contributed by atoms with van der Waals surface area (Å²) in [4.78, 5) is 13.4. The molecule has 4 rings (SSSR count). The Bertz CT molecular complexity index is 1170. The van der Waals surface area contributed by atoms with Gasteiger partial charge >= 0.3 is 0 Å². The van der Waals surface area contributed by atoms with Crippen LogP contribution in [0, 0.1) is 0 Å². The Labute approximate surface area is 179 Å². The number of nitrogens with zero attached hydrogens (tertiary/aromatic N) is 3. The van der Waals surface area contributed by atoms with Crippen molar-refractivity contribution in [1.82, 2.24) is 15.0 Å². The molecule has 9 heteroatoms. The van der Waals surface area contributed by atoms with Crippen molar-refractivity contribution >= 4 is 69.0 Å². The summed E-state index contributed by atoms with van der Waals surface area (Å²) in [6.07, 6.45) is 1.58. The molecule has 2 aromatic carbocycles. The van der Waals surface area contributed by atoms with E-state index in [1.807, 2.05) is 36.4 Å². The molecule has 0 spiro atoms. The number of benzene rings is 2. The highest BCUT2D eigenvalue weighted by Gasteiger charge is 2.12. The molecule has 0 aliphatic carbocycles. The minimum atomic E-state index is -0.269. The lowest BCUT2D eigenvalue weighted by atomic mass is 10.3. The van der Waals surface area contributed by atoms with Crippen LogP contribution in [-0.4, -0.2) is 35.4 Å². The molecular formula is C20H19ClN5OPS. The molecule has 0 aliphatic rings. The first kappa shape index (κ1) is 19.8. The lowest BCUT2D eigenvalue weighted by molar-refractivity contribution is 0.415. The molecule has 0 aliphatic heterocycles. The molecule has 0 saturated heterocycles. The Morgan fingerprint density at radius 1 is 1.07 bits per heavy atom. The molecule has 148 valence electrons. The highest BCUT2D eigenvalue weighted by Crippen LogP contribution is 2.33. The van der Waals surface area contributed by atoms with Gasteiger partial charge in [-0.2, -0.15) is 4.98 Å². The van der Waals surface area contributed by atoms with Crippen LogP contribution in [0.25, 0.3) is 10.2 Å². The molecule has 6 nitrogen and oxygen atoms in total. The first-order valence-electron chi connectivity index (χ1n) is 8.81. The van der Waals surface area contributed by atoms with Crippen molar-refractivity contribution < 1.29 is 4.74 Å². The van der Waals surface area contributed by atoms with Gasteiger partial charge in [0.15, 0.2) is 10.9 Å². The van der Waals surface area contributed by atoms with Gasteiger partial charge in [0.25, 0.3) is 0 Å². The summed E-state index contributed by atoms with van der Waals surface area (Å²) in [5.41, 5.74) is 1.89. The maximum absolute atomic E-state index is 6.34. The summed E-state index contributed by atoms with van der Waals surface area (Å²) >= 11 is 7.85. The molecule has 0 fully saturated rings. The zero-order valence-corrected chi connectivity index (χ0v) is 18.6. The second-order valence-corrected chi connectivity index (χ2v) is 10.1. The average Bonchev–Trinajstić information content (AvgIpc) is 3.12. The van der Waals surface area contributed by atoms with Crippen molar-refractivity contribution in [2.45, 2.75) is 0 Å². The SMILES string of the molecule is COc1ccc2nc(Nc3ncc(Cl)c(Nc4ccccc4P(C)C)n3)sc2c1. The summed E-state index contributed by atoms with van der Waals surface area (Å²) in [6.45, 7) is 4.43. The third-order valence-corrected chi connectivity index (χ3v) is 6.76. The fraction of sp³-hybridized carbons (Fsp3) is 0.150. The fourth-order valence-corrected chi connectivity index (χ4v) is 4.82. The summed E-state index contributed by atoms with van der Waals surface area (Å²) in [7, 11) is 1.38. The van der Waals surface area contributed by atoms with Crippen molar-refractivity contribution in [3.8, 4) is 5.75 Å². The van der Waals surface area contributed by atoms with Crippen LogP contribution in [0.3, 0.4) is 0 Å². The number of rotatable bonds is 6. The molecule has 2 N–H and O–H groups in total. The summed E-state index contributed by atoms with van der Waals surface area (Å²) in [5, 5.41) is 8.93. The minimum Gasteiger partial charge on any atom is -0.497 e. The van der Waals surface area contributed by atoms with E-state index < -0.39 is 0 Å². The molecule has 29 heavy (non-hydrogen) atoms. The topological polar surface area (TPSA) is 72.0 Å². The van der Waals surface area contributed by atoms with E-state index in [-0.39, 0.29) is 7.92 Å². The number of hydrogen-bond donors (Lipinski definition) is 2. The zero-order valence-electron chi connectivity index (χ0n) is 16.1. The number of hydrogen-bond acceptors (Lipinski definition) is 7. The molecule has 0 saturated carbocycles. The number of ether oxygens (including phenoxy) is 1. The van der Waals surface area contributed by atoms with E-state index in [0.29, 0.717) is 21.9 Å². The van der Waals surface area contributed by atoms with Crippen LogP contribution in [-0.2, 0) is 0 Å². The van der Waals surface area contributed by atoms with Crippen LogP contribution in [0.15, 0.2) is 48.7 Å². The van der Waals surface area contributed by atoms with Crippen LogP contribution in [0.5, 0.6) is 5.75 Å². The lowest BCUT2D eigenvalue weighted by Gasteiger charge is -2.15. The quantitative estimate of drug-likeness (QED) is 0.378. The van der Waals surface area contributed by atoms with E-state index in [1.54, 1.807) is 13.3 Å². The maximum Gasteiger partial charge on any atom is 0.231 e. The molecule has 2 aromatic heterocycles. The Morgan fingerprint density at radius 3 is 2.69 bits per heavy atom. The standard InChI is InChI=1S/C20H19ClN5OPS/c1-27-12-8-9-15-17(10-12)29-20(24-15)26-19-22-11-13(21)18(25-19)23-14-6-4-5-7-16(14)28(2)3/h4-11H,1-3H3,(H2,22,23,24,25,26). The molecule has 0 unspecified atom stereocenters. The van der Waals surface area contributed by atoms with Gasteiger partial charge in [-0.25, -0.2) is 9.97 Å². The predicted octanol–water partition coefficient (Wildman–Crippen LogP) is 5.60. The van der Waals surface area contributed by atoms with Crippen LogP contribution in [0.1, 0.15) is 0 Å². The van der Waals surface area contributed by atoms with Crippen LogP contribution < -0.4 is 20.7 Å². The number of aromatic nitrogens is 3. The number of fused-ring (bicyclic) bond motifs is 1. The van der Waals surface area contributed by atoms with Crippen molar-refractivity contribution in [2.24, 2.45) is 0 Å². The van der Waals surface area contributed by atoms with E-state index in [4.69, 9.17) is 16.3 Å². The van der Waals surface area contributed by atoms with Gasteiger partial charge in [0.05, 0.1) is 23.5 Å². The van der Waals surface area contributed by atoms with Gasteiger partial charge in [0.1, 0.15) is 10.8 Å². The number of methoxy groups -OCH3 is 1. The van der Waals surface area contributed by atoms with Crippen LogP contribution >= 0.6 is 30.9 Å². The van der Waals surface area contributed by atoms with Gasteiger partial charge in [-0.1, -0.05) is 49.1 Å². The molecule has 2 heterocycles. The Morgan fingerprint density at radius 2 is 1.90 bits per heavy atom. The van der Waals surface area contributed by atoms with Gasteiger partial charge in [0, 0.05) is 5.69 Å². The third-order valence-electron chi connectivity index (χ3n) is 4.20. The smallest absolute Gasteiger partial charge is 0.231 e. The third kappa shape index (κ3) is 4.42. The van der Waals surface area contributed by atoms with Crippen molar-refractivity contribution in [2.75, 3.05) is 31.1 Å². The first-order valence-corrected chi connectivity index (χ1v) is 12.2. The first-order chi connectivity index (χ1) is 14.0. The van der Waals surface area contributed by atoms with Gasteiger partial charge < -0.3 is 10.1 Å². The Kier molecular flexibility index (Phi) is 5.81. The van der Waals surface area contributed by atoms with Crippen molar-refractivity contribution in [3.05, 3.63) is 53.7 Å². The number of halogens is 1. The second-order valence-electron chi connectivity index (χ2n) is 6.40. The van der Waals surface area contributed by atoms with E-state index in [2.05, 4.69) is 45.0 Å². The molecular weight excluding hydrogens is 425 g/mol. The predicted molar refractivity (Wildman–Crippen MR) is 125 cm³/mol. The molecule has 0 bridgehead atoms. The summed E-state index contributed by atoms with van der Waals surface area (Å²) in [5.74, 6) is 1.78. The highest BCUT2D eigenvalue weighted by molar-refractivity contribution is 7.64. The summed E-state index contributed by atoms with van der Waals surface area (Å²) < 4.78 is 6.29. The Hall–Kier alpha value is -2.47. The highest BCUT2D eigenvalue weighted by atomic mass is 35.5. The lowest BCUT2D eigenvalue weighted by Crippen LogP contribution is -2.09. The normalized spacial score (nSPS) is 11.1. The average molecular weight is 444 g/mol. The second kappa shape index (κ2) is 8.49. The number of anilines is 4. The van der Waals surface area contributed by atoms with Gasteiger partial charge in [-0.3, -0.25) is 5.32 Å². The van der Waals surface area contributed by atoms with E-state index in [1.165, 1.54) is 16.6 Å². The van der Waals surface area contributed by atoms with E-state index >= 15 is 0 Å². The number of nitrogens with one attached hydrogen (secondary N) is 2. The monoisotopic (exact) mass is 443 g/mol. The number of para-hydroxylation sites is 1. The van der Waals surface area contributed by atoms with E-state index in [0.717, 1.165) is 21.7 Å². The van der Waals surface area contributed by atoms with Crippen molar-refractivity contribution in [1.29, 1.82) is 0 Å². The zero-order chi connectivity index (χ0) is 20.4. The van der Waals surface area contributed by atoms with Crippen LogP contribution in [0.4, 0.5) is 22.6 Å². The summed E-state index contributed by atoms with van der Waals surface area (Å²) in [6, 6.07) is 14.0. The molecule has 0 atom stereocenters. The molecule has 0 amide bonds. The van der Waals surface area contributed by atoms with Crippen LogP contribution in [0.2, 0.25) is 5.02 Å². The maximum atomic E-state index is 6.34. The fourth-order valence-electron chi connectivity index (χ4n) is 2.79. The van der Waals surface area contributed by atoms with Gasteiger partial charge in [0.2, 0.25) is 5.95 Å². The van der Waals surface area contributed by atoms with Gasteiger partial charge in [-0.15, -0.1) is 0 Å². The van der Waals surface area contributed by atoms with Crippen molar-refractivity contribution in [3.63, 3.8) is 0 Å². The minimum absolute atomic E-state index is 0.269. The van der Waals surface area contributed by atoms with Gasteiger partial charge in [-0.05, 0) is 42.9 Å². The largest absolute Gasteiger partial charge is 0.497 e. The van der Waals surface area contributed by atoms with E-state index in [9.17, 15) is 0 Å². The number of thiazole rings is 1. The Balaban J connectivity index is 1.60.